The van der Waals surface area contributed by atoms with Gasteiger partial charge in [0, 0.05) is 84.4 Å². The van der Waals surface area contributed by atoms with Gasteiger partial charge in [-0.05, 0) is 217 Å². The van der Waals surface area contributed by atoms with Gasteiger partial charge in [0.25, 0.3) is 0 Å². The molecule has 0 unspecified atom stereocenters. The van der Waals surface area contributed by atoms with Crippen LogP contribution in [0.2, 0.25) is 5.02 Å². The maximum Gasteiger partial charge on any atom is 0.137 e. The lowest BCUT2D eigenvalue weighted by Crippen LogP contribution is -2.21. The Bertz CT molecular complexity index is 4930. The summed E-state index contributed by atoms with van der Waals surface area (Å²) in [6.45, 7) is 8.49. The first kappa shape index (κ1) is 79.7. The Balaban J connectivity index is 0.000000128. The third-order valence-corrected chi connectivity index (χ3v) is 21.2. The number of amidine groups is 5. The molecule has 0 atom stereocenters. The van der Waals surface area contributed by atoms with Crippen molar-refractivity contribution in [3.63, 3.8) is 0 Å². The number of halogens is 8. The Morgan fingerprint density at radius 2 is 0.755 bits per heavy atom. The number of nitrogens with zero attached hydrogens (tertiary/aromatic N) is 5. The number of aliphatic imine (C=N–C) groups is 5. The standard InChI is InChI=1S/C19H16BrFN2O.C18H19ClN2O.C18H19FN2O.C17H16Br2N2.C17H16F2N2/c20-14-10-12(18-13(11-14)6-9-24-18)4-5-15-16(2-1-3-17(15)21)19-22-7-8-23-19;2*1-22-17-9-8-15(19)12-14(17)7-6-13-4-2-3-5-16(13)18-20-10-11-21-18;2*18-14-7-8-16(19)13(11-14)6-5-12-3-1-2-4-15(12)17-20-9-10-21-17/h1-3,6,9-11H,4-5,7-8H2,(H,22,23);2*2-5,8-9,12H,6-7,10-11H2,1H3,(H,20,21);2*1-4,7-8,11H,5-6,9-10H2,(H,20,21). The van der Waals surface area contributed by atoms with Crippen molar-refractivity contribution in [2.75, 3.05) is 79.7 Å². The van der Waals surface area contributed by atoms with E-state index in [2.05, 4.69) is 178 Å². The molecular weight excluding hydrogens is 1610 g/mol. The molecule has 16 rings (SSSR count). The molecule has 0 radical (unpaired) electrons. The molecule has 6 heterocycles. The first-order chi connectivity index (χ1) is 53.7. The molecule has 11 aromatic rings. The van der Waals surface area contributed by atoms with Crippen molar-refractivity contribution in [2.24, 2.45) is 25.0 Å². The molecule has 0 spiro atoms. The van der Waals surface area contributed by atoms with E-state index in [4.69, 9.17) is 25.5 Å². The highest BCUT2D eigenvalue weighted by molar-refractivity contribution is 9.11. The quantitative estimate of drug-likeness (QED) is 0.0421. The fourth-order valence-corrected chi connectivity index (χ4v) is 15.4. The second-order valence-corrected chi connectivity index (χ2v) is 29.6. The minimum absolute atomic E-state index is 0.186. The molecule has 0 fully saturated rings. The molecular formula is C89H86Br3ClF4N10O3. The number of ether oxygens (including phenoxy) is 2. The molecule has 21 heteroatoms. The number of hydrogen-bond acceptors (Lipinski definition) is 13. The van der Waals surface area contributed by atoms with E-state index in [0.717, 1.165) is 215 Å². The number of fused-ring (bicyclic) bond motifs is 1. The van der Waals surface area contributed by atoms with Gasteiger partial charge in [-0.15, -0.1) is 0 Å². The fourth-order valence-electron chi connectivity index (χ4n) is 13.8. The van der Waals surface area contributed by atoms with Gasteiger partial charge >= 0.3 is 0 Å². The van der Waals surface area contributed by atoms with Crippen molar-refractivity contribution in [1.82, 2.24) is 26.6 Å². The predicted molar refractivity (Wildman–Crippen MR) is 449 cm³/mol. The van der Waals surface area contributed by atoms with Crippen LogP contribution in [0.4, 0.5) is 17.6 Å². The van der Waals surface area contributed by atoms with Gasteiger partial charge < -0.3 is 40.5 Å². The lowest BCUT2D eigenvalue weighted by Gasteiger charge is -2.12. The summed E-state index contributed by atoms with van der Waals surface area (Å²) in [5.41, 5.74) is 16.8. The van der Waals surface area contributed by atoms with Crippen molar-refractivity contribution in [2.45, 2.75) is 64.2 Å². The monoisotopic (exact) mass is 1690 g/mol. The molecule has 5 N–H and O–H groups in total. The summed E-state index contributed by atoms with van der Waals surface area (Å²) in [7, 11) is 3.31. The van der Waals surface area contributed by atoms with Crippen LogP contribution in [0.1, 0.15) is 83.5 Å². The third kappa shape index (κ3) is 21.8. The van der Waals surface area contributed by atoms with Crippen LogP contribution in [-0.2, 0) is 64.2 Å². The smallest absolute Gasteiger partial charge is 0.137 e. The number of methoxy groups -OCH3 is 2. The van der Waals surface area contributed by atoms with Crippen LogP contribution in [0, 0.1) is 23.3 Å². The zero-order chi connectivity index (χ0) is 76.6. The van der Waals surface area contributed by atoms with E-state index in [0.29, 0.717) is 36.8 Å². The highest BCUT2D eigenvalue weighted by Gasteiger charge is 2.21. The summed E-state index contributed by atoms with van der Waals surface area (Å²) in [5, 5.41) is 18.3. The number of furan rings is 1. The molecule has 566 valence electrons. The Kier molecular flexibility index (Phi) is 29.1. The van der Waals surface area contributed by atoms with E-state index in [1.54, 1.807) is 38.7 Å². The molecule has 13 nitrogen and oxygen atoms in total. The average Bonchev–Trinajstić information content (AvgIpc) is 1.69. The minimum atomic E-state index is -0.401. The normalized spacial score (nSPS) is 13.8. The molecule has 5 aliphatic heterocycles. The predicted octanol–water partition coefficient (Wildman–Crippen LogP) is 18.4. The highest BCUT2D eigenvalue weighted by atomic mass is 79.9. The maximum absolute atomic E-state index is 14.4. The zero-order valence-corrected chi connectivity index (χ0v) is 66.8. The molecule has 0 aliphatic carbocycles. The lowest BCUT2D eigenvalue weighted by atomic mass is 9.98. The summed E-state index contributed by atoms with van der Waals surface area (Å²) >= 11 is 16.8. The third-order valence-electron chi connectivity index (χ3n) is 19.2. The van der Waals surface area contributed by atoms with E-state index < -0.39 is 5.82 Å². The first-order valence-corrected chi connectivity index (χ1v) is 39.7. The highest BCUT2D eigenvalue weighted by Crippen LogP contribution is 2.31. The van der Waals surface area contributed by atoms with Gasteiger partial charge in [-0.3, -0.25) is 25.0 Å². The lowest BCUT2D eigenvalue weighted by molar-refractivity contribution is 0.408. The van der Waals surface area contributed by atoms with Crippen molar-refractivity contribution < 1.29 is 31.5 Å². The Labute approximate surface area is 670 Å². The summed E-state index contributed by atoms with van der Waals surface area (Å²) in [6.07, 6.45) is 9.46. The van der Waals surface area contributed by atoms with Crippen LogP contribution in [-0.4, -0.2) is 109 Å². The summed E-state index contributed by atoms with van der Waals surface area (Å²) in [5.74, 6) is 5.14. The largest absolute Gasteiger partial charge is 0.496 e. The van der Waals surface area contributed by atoms with Crippen LogP contribution >= 0.6 is 59.4 Å². The van der Waals surface area contributed by atoms with Crippen LogP contribution in [0.15, 0.2) is 255 Å². The molecule has 1 aromatic heterocycles. The molecule has 5 aliphatic rings. The molecule has 0 bridgehead atoms. The van der Waals surface area contributed by atoms with Crippen LogP contribution in [0.5, 0.6) is 11.5 Å². The molecule has 0 saturated carbocycles. The number of benzene rings is 10. The van der Waals surface area contributed by atoms with Crippen molar-refractivity contribution >= 4 is 99.5 Å². The second kappa shape index (κ2) is 40.2. The van der Waals surface area contributed by atoms with Gasteiger partial charge in [-0.25, -0.2) is 17.6 Å². The van der Waals surface area contributed by atoms with Gasteiger partial charge in [0.1, 0.15) is 69.5 Å². The Morgan fingerprint density at radius 1 is 0.355 bits per heavy atom. The molecule has 10 aromatic carbocycles. The van der Waals surface area contributed by atoms with Crippen molar-refractivity contribution in [3.05, 3.63) is 338 Å². The summed E-state index contributed by atoms with van der Waals surface area (Å²) < 4.78 is 74.4. The minimum Gasteiger partial charge on any atom is -0.496 e. The summed E-state index contributed by atoms with van der Waals surface area (Å²) in [6, 6.07) is 64.6. The van der Waals surface area contributed by atoms with Crippen LogP contribution in [0.25, 0.3) is 11.0 Å². The van der Waals surface area contributed by atoms with Crippen molar-refractivity contribution in [3.8, 4) is 11.5 Å². The van der Waals surface area contributed by atoms with Gasteiger partial charge in [0.2, 0.25) is 0 Å². The van der Waals surface area contributed by atoms with E-state index in [1.165, 1.54) is 62.1 Å². The molecule has 0 amide bonds. The molecule has 0 saturated heterocycles. The van der Waals surface area contributed by atoms with Crippen LogP contribution in [0.3, 0.4) is 0 Å². The van der Waals surface area contributed by atoms with E-state index in [-0.39, 0.29) is 17.5 Å². The van der Waals surface area contributed by atoms with Gasteiger partial charge in [-0.2, -0.15) is 0 Å². The maximum atomic E-state index is 14.4. The zero-order valence-electron chi connectivity index (χ0n) is 61.3. The van der Waals surface area contributed by atoms with E-state index >= 15 is 0 Å². The molecule has 110 heavy (non-hydrogen) atoms. The number of aryl methyl sites for hydroxylation is 9. The van der Waals surface area contributed by atoms with E-state index in [9.17, 15) is 17.6 Å². The number of hydrogen-bond donors (Lipinski definition) is 5. The number of rotatable bonds is 22. The van der Waals surface area contributed by atoms with Gasteiger partial charge in [0.05, 0.1) is 53.2 Å². The summed E-state index contributed by atoms with van der Waals surface area (Å²) in [4.78, 5) is 22.4. The second-order valence-electron chi connectivity index (χ2n) is 26.5. The SMILES string of the molecule is Brc1ccc(Br)c(CCc2ccccc2C2=NCCN2)c1.COc1ccc(Cl)cc1CCc1ccccc1C1=NCCN1.COc1ccc(F)cc1CCc1ccccc1C1=NCCN1.Fc1ccc(F)c(CCc2ccccc2C2=NCCN2)c1.Fc1cccc(C2=NCCN2)c1CCc1cc(Br)cc2ccoc12. The van der Waals surface area contributed by atoms with E-state index in [1.807, 2.05) is 78.9 Å². The Morgan fingerprint density at radius 3 is 1.24 bits per heavy atom. The van der Waals surface area contributed by atoms with Gasteiger partial charge in [-0.1, -0.05) is 169 Å². The average molecular weight is 1690 g/mol. The van der Waals surface area contributed by atoms with Crippen molar-refractivity contribution in [1.29, 1.82) is 0 Å². The first-order valence-electron chi connectivity index (χ1n) is 37.0. The Hall–Kier alpha value is -9.86. The fraction of sp³-hybridized carbons (Fsp3) is 0.247. The topological polar surface area (TPSA) is 154 Å². The van der Waals surface area contributed by atoms with Crippen LogP contribution < -0.4 is 36.1 Å². The van der Waals surface area contributed by atoms with Gasteiger partial charge in [0.15, 0.2) is 0 Å². The number of nitrogens with one attached hydrogen (secondary N) is 5.